The van der Waals surface area contributed by atoms with E-state index in [0.717, 1.165) is 22.0 Å². The number of carbonyl (C=O) groups excluding carboxylic acids is 1. The van der Waals surface area contributed by atoms with E-state index < -0.39 is 0 Å². The van der Waals surface area contributed by atoms with Gasteiger partial charge in [-0.1, -0.05) is 18.2 Å². The second kappa shape index (κ2) is 8.29. The number of rotatable bonds is 7. The normalized spacial score (nSPS) is 10.7. The van der Waals surface area contributed by atoms with Crippen molar-refractivity contribution in [2.75, 3.05) is 19.0 Å². The van der Waals surface area contributed by atoms with Crippen molar-refractivity contribution < 1.29 is 4.79 Å². The number of hydrogen-bond acceptors (Lipinski definition) is 5. The first-order valence-electron chi connectivity index (χ1n) is 8.26. The van der Waals surface area contributed by atoms with Gasteiger partial charge in [0.25, 0.3) is 0 Å². The Balaban J connectivity index is 1.55. The Morgan fingerprint density at radius 1 is 1.31 bits per heavy atom. The average Bonchev–Trinajstić information content (AvgIpc) is 3.28. The molecule has 0 radical (unpaired) electrons. The third kappa shape index (κ3) is 4.39. The van der Waals surface area contributed by atoms with Crippen molar-refractivity contribution in [2.24, 2.45) is 0 Å². The number of aromatic amines is 1. The summed E-state index contributed by atoms with van der Waals surface area (Å²) in [4.78, 5) is 15.3. The van der Waals surface area contributed by atoms with E-state index in [1.165, 1.54) is 0 Å². The number of carbonyl (C=O) groups is 1. The molecule has 0 aliphatic rings. The van der Waals surface area contributed by atoms with Gasteiger partial charge >= 0.3 is 0 Å². The monoisotopic (exact) mass is 387 g/mol. The highest BCUT2D eigenvalue weighted by molar-refractivity contribution is 7.71. The molecule has 0 saturated carbocycles. The van der Waals surface area contributed by atoms with Crippen LogP contribution in [0.2, 0.25) is 0 Å². The molecule has 2 N–H and O–H groups in total. The van der Waals surface area contributed by atoms with Gasteiger partial charge in [0.15, 0.2) is 10.6 Å². The zero-order chi connectivity index (χ0) is 18.5. The van der Waals surface area contributed by atoms with Gasteiger partial charge in [-0.3, -0.25) is 14.5 Å². The summed E-state index contributed by atoms with van der Waals surface area (Å²) in [6.07, 6.45) is 0.349. The number of amides is 1. The molecule has 2 aromatic heterocycles. The molecule has 3 aromatic rings. The predicted molar refractivity (Wildman–Crippen MR) is 108 cm³/mol. The van der Waals surface area contributed by atoms with E-state index in [1.54, 1.807) is 11.3 Å². The number of benzene rings is 1. The van der Waals surface area contributed by atoms with Crippen molar-refractivity contribution >= 4 is 35.1 Å². The van der Waals surface area contributed by atoms with Crippen LogP contribution in [-0.2, 0) is 17.9 Å². The third-order valence-corrected chi connectivity index (χ3v) is 5.18. The van der Waals surface area contributed by atoms with Gasteiger partial charge in [0, 0.05) is 39.3 Å². The van der Waals surface area contributed by atoms with Crippen LogP contribution in [0.4, 0.5) is 5.69 Å². The largest absolute Gasteiger partial charge is 0.378 e. The lowest BCUT2D eigenvalue weighted by Gasteiger charge is -2.13. The zero-order valence-corrected chi connectivity index (χ0v) is 16.4. The fourth-order valence-corrected chi connectivity index (χ4v) is 3.48. The summed E-state index contributed by atoms with van der Waals surface area (Å²) in [5.74, 6) is 0.763. The number of H-pyrrole nitrogens is 1. The minimum Gasteiger partial charge on any atom is -0.378 e. The number of hydrogen-bond donors (Lipinski definition) is 2. The van der Waals surface area contributed by atoms with Crippen molar-refractivity contribution in [1.29, 1.82) is 0 Å². The molecule has 0 atom stereocenters. The maximum absolute atomic E-state index is 12.2. The molecule has 0 bridgehead atoms. The lowest BCUT2D eigenvalue weighted by Crippen LogP contribution is -2.24. The molecule has 0 aliphatic carbocycles. The standard InChI is InChI=1S/C18H21N5OS2/c1-22(2)14-7-5-13(6-8-14)12-19-16(24)9-10-23-17(20-21-18(23)25)15-4-3-11-26-15/h3-8,11H,9-10,12H2,1-2H3,(H,19,24)(H,21,25). The highest BCUT2D eigenvalue weighted by Gasteiger charge is 2.11. The van der Waals surface area contributed by atoms with Gasteiger partial charge in [-0.15, -0.1) is 11.3 Å². The van der Waals surface area contributed by atoms with Crippen LogP contribution in [0.5, 0.6) is 0 Å². The summed E-state index contributed by atoms with van der Waals surface area (Å²) in [7, 11) is 4.00. The van der Waals surface area contributed by atoms with Crippen molar-refractivity contribution in [2.45, 2.75) is 19.5 Å². The minimum atomic E-state index is -0.0121. The SMILES string of the molecule is CN(C)c1ccc(CNC(=O)CCn2c(-c3cccs3)n[nH]c2=S)cc1. The maximum Gasteiger partial charge on any atom is 0.222 e. The lowest BCUT2D eigenvalue weighted by atomic mass is 10.2. The van der Waals surface area contributed by atoms with Gasteiger partial charge in [-0.2, -0.15) is 5.10 Å². The fourth-order valence-electron chi connectivity index (χ4n) is 2.53. The van der Waals surface area contributed by atoms with Gasteiger partial charge in [0.1, 0.15) is 0 Å². The number of nitrogens with zero attached hydrogens (tertiary/aromatic N) is 3. The Morgan fingerprint density at radius 2 is 2.08 bits per heavy atom. The predicted octanol–water partition coefficient (Wildman–Crippen LogP) is 3.44. The first-order valence-corrected chi connectivity index (χ1v) is 9.55. The van der Waals surface area contributed by atoms with E-state index in [4.69, 9.17) is 12.2 Å². The van der Waals surface area contributed by atoms with Gasteiger partial charge in [-0.05, 0) is 41.4 Å². The van der Waals surface area contributed by atoms with Crippen LogP contribution in [-0.4, -0.2) is 34.8 Å². The Kier molecular flexibility index (Phi) is 5.85. The molecule has 0 unspecified atom stereocenters. The van der Waals surface area contributed by atoms with Crippen LogP contribution in [0.1, 0.15) is 12.0 Å². The van der Waals surface area contributed by atoms with Crippen LogP contribution in [0, 0.1) is 4.77 Å². The molecule has 8 heteroatoms. The summed E-state index contributed by atoms with van der Waals surface area (Å²) in [5.41, 5.74) is 2.21. The molecule has 0 fully saturated rings. The topological polar surface area (TPSA) is 66.0 Å². The molecule has 0 aliphatic heterocycles. The second-order valence-corrected chi connectivity index (χ2v) is 7.40. The summed E-state index contributed by atoms with van der Waals surface area (Å²) in [5, 5.41) is 12.0. The van der Waals surface area contributed by atoms with Crippen molar-refractivity contribution in [3.05, 3.63) is 52.1 Å². The van der Waals surface area contributed by atoms with Crippen molar-refractivity contribution in [1.82, 2.24) is 20.1 Å². The maximum atomic E-state index is 12.2. The van der Waals surface area contributed by atoms with Crippen LogP contribution in [0.15, 0.2) is 41.8 Å². The van der Waals surface area contributed by atoms with E-state index in [0.29, 0.717) is 24.3 Å². The van der Waals surface area contributed by atoms with Gasteiger partial charge in [-0.25, -0.2) is 0 Å². The summed E-state index contributed by atoms with van der Waals surface area (Å²) >= 11 is 6.88. The van der Waals surface area contributed by atoms with Crippen molar-refractivity contribution in [3.8, 4) is 10.7 Å². The van der Waals surface area contributed by atoms with E-state index >= 15 is 0 Å². The zero-order valence-electron chi connectivity index (χ0n) is 14.7. The molecule has 26 heavy (non-hydrogen) atoms. The van der Waals surface area contributed by atoms with Gasteiger partial charge in [0.05, 0.1) is 4.88 Å². The fraction of sp³-hybridized carbons (Fsp3) is 0.278. The first-order chi connectivity index (χ1) is 12.5. The Labute approximate surface area is 161 Å². The summed E-state index contributed by atoms with van der Waals surface area (Å²) in [6, 6.07) is 12.1. The highest BCUT2D eigenvalue weighted by atomic mass is 32.1. The Hall–Kier alpha value is -2.45. The molecular formula is C18H21N5OS2. The van der Waals surface area contributed by atoms with Gasteiger partial charge < -0.3 is 10.2 Å². The quantitative estimate of drug-likeness (QED) is 0.610. The molecule has 136 valence electrons. The molecule has 0 spiro atoms. The summed E-state index contributed by atoms with van der Waals surface area (Å²) in [6.45, 7) is 1.01. The lowest BCUT2D eigenvalue weighted by molar-refractivity contribution is -0.121. The Morgan fingerprint density at radius 3 is 2.73 bits per heavy atom. The van der Waals surface area contributed by atoms with Crippen LogP contribution in [0.25, 0.3) is 10.7 Å². The smallest absolute Gasteiger partial charge is 0.222 e. The molecule has 1 aromatic carbocycles. The molecule has 2 heterocycles. The van der Waals surface area contributed by atoms with Crippen molar-refractivity contribution in [3.63, 3.8) is 0 Å². The first kappa shape index (κ1) is 18.3. The van der Waals surface area contributed by atoms with E-state index in [-0.39, 0.29) is 5.91 Å². The number of nitrogens with one attached hydrogen (secondary N) is 2. The molecular weight excluding hydrogens is 366 g/mol. The van der Waals surface area contributed by atoms with E-state index in [2.05, 4.69) is 15.5 Å². The van der Waals surface area contributed by atoms with E-state index in [1.807, 2.05) is 65.3 Å². The minimum absolute atomic E-state index is 0.0121. The summed E-state index contributed by atoms with van der Waals surface area (Å²) < 4.78 is 2.40. The molecule has 6 nitrogen and oxygen atoms in total. The number of thiophene rings is 1. The molecule has 0 saturated heterocycles. The second-order valence-electron chi connectivity index (χ2n) is 6.07. The van der Waals surface area contributed by atoms with Crippen LogP contribution in [0.3, 0.4) is 0 Å². The van der Waals surface area contributed by atoms with Crippen LogP contribution >= 0.6 is 23.6 Å². The third-order valence-electron chi connectivity index (χ3n) is 4.00. The van der Waals surface area contributed by atoms with Crippen LogP contribution < -0.4 is 10.2 Å². The number of aromatic nitrogens is 3. The van der Waals surface area contributed by atoms with Gasteiger partial charge in [0.2, 0.25) is 5.91 Å². The highest BCUT2D eigenvalue weighted by Crippen LogP contribution is 2.22. The Bertz CT molecular complexity index is 910. The average molecular weight is 388 g/mol. The number of anilines is 1. The molecule has 3 rings (SSSR count). The van der Waals surface area contributed by atoms with E-state index in [9.17, 15) is 4.79 Å². The molecule has 1 amide bonds.